The summed E-state index contributed by atoms with van der Waals surface area (Å²) in [6, 6.07) is 18.7. The number of nitrogens with zero attached hydrogens (tertiary/aromatic N) is 1. The first-order valence-electron chi connectivity index (χ1n) is 8.30. The van der Waals surface area contributed by atoms with Gasteiger partial charge in [0.05, 0.1) is 7.11 Å². The van der Waals surface area contributed by atoms with Gasteiger partial charge < -0.3 is 14.7 Å². The van der Waals surface area contributed by atoms with Crippen LogP contribution in [0.25, 0.3) is 16.3 Å². The number of amides is 1. The number of fused-ring (bicyclic) bond motifs is 1. The number of hydrogen-bond donors (Lipinski definition) is 1. The number of ether oxygens (including phenoxy) is 1. The zero-order chi connectivity index (χ0) is 18.7. The predicted octanol–water partition coefficient (Wildman–Crippen LogP) is 4.07. The molecule has 1 N–H and O–H groups in total. The van der Waals surface area contributed by atoms with Gasteiger partial charge in [0.2, 0.25) is 5.91 Å². The van der Waals surface area contributed by atoms with Crippen molar-refractivity contribution in [3.8, 4) is 11.5 Å². The molecule has 0 bridgehead atoms. The Hall–Kier alpha value is -3.27. The smallest absolute Gasteiger partial charge is 0.246 e. The van der Waals surface area contributed by atoms with Gasteiger partial charge in [-0.2, -0.15) is 0 Å². The van der Waals surface area contributed by atoms with E-state index in [1.165, 1.54) is 4.90 Å². The van der Waals surface area contributed by atoms with Crippen molar-refractivity contribution < 1.29 is 14.6 Å². The molecular formula is C22H21NO3. The highest BCUT2D eigenvalue weighted by Gasteiger charge is 2.16. The molecule has 0 aromatic heterocycles. The molecular weight excluding hydrogens is 326 g/mol. The fourth-order valence-electron chi connectivity index (χ4n) is 2.95. The van der Waals surface area contributed by atoms with Crippen LogP contribution in [0, 0.1) is 0 Å². The molecule has 0 radical (unpaired) electrons. The van der Waals surface area contributed by atoms with Crippen LogP contribution in [0.2, 0.25) is 0 Å². The predicted molar refractivity (Wildman–Crippen MR) is 104 cm³/mol. The van der Waals surface area contributed by atoms with E-state index >= 15 is 0 Å². The summed E-state index contributed by atoms with van der Waals surface area (Å²) in [6.07, 6.45) is 1.60. The molecule has 3 aromatic rings. The van der Waals surface area contributed by atoms with Crippen LogP contribution in [0.4, 0.5) is 0 Å². The van der Waals surface area contributed by atoms with Crippen molar-refractivity contribution in [1.29, 1.82) is 0 Å². The maximum absolute atomic E-state index is 12.4. The van der Waals surface area contributed by atoms with Gasteiger partial charge in [-0.15, -0.1) is 0 Å². The average Bonchev–Trinajstić information content (AvgIpc) is 2.66. The molecule has 1 amide bonds. The Bertz CT molecular complexity index is 975. The van der Waals surface area contributed by atoms with Gasteiger partial charge in [-0.25, -0.2) is 0 Å². The number of likely N-dealkylation sites (N-methyl/N-ethyl adjacent to an activating group) is 1. The standard InChI is InChI=1S/C22H21NO3/c1-23(2)21(25)14-18(15-8-5-4-6-9-15)16-12-13-20(26-3)17-10-7-11-19(24)22(16)17/h4-14,24H,1-3H3/b18-14+. The third-order valence-electron chi connectivity index (χ3n) is 4.28. The minimum absolute atomic E-state index is 0.122. The van der Waals surface area contributed by atoms with E-state index in [1.54, 1.807) is 39.4 Å². The topological polar surface area (TPSA) is 49.8 Å². The normalized spacial score (nSPS) is 11.4. The van der Waals surface area contributed by atoms with E-state index in [2.05, 4.69) is 0 Å². The van der Waals surface area contributed by atoms with Crippen LogP contribution in [-0.2, 0) is 4.79 Å². The summed E-state index contributed by atoms with van der Waals surface area (Å²) in [4.78, 5) is 13.9. The van der Waals surface area contributed by atoms with Crippen molar-refractivity contribution >= 4 is 22.3 Å². The highest BCUT2D eigenvalue weighted by atomic mass is 16.5. The molecule has 4 heteroatoms. The molecule has 0 heterocycles. The summed E-state index contributed by atoms with van der Waals surface area (Å²) >= 11 is 0. The lowest BCUT2D eigenvalue weighted by Gasteiger charge is -2.16. The zero-order valence-electron chi connectivity index (χ0n) is 15.1. The third-order valence-corrected chi connectivity index (χ3v) is 4.28. The second-order valence-corrected chi connectivity index (χ2v) is 6.17. The lowest BCUT2D eigenvalue weighted by Crippen LogP contribution is -2.19. The SMILES string of the molecule is COc1ccc(/C(=C/C(=O)N(C)C)c2ccccc2)c2c(O)cccc12. The molecule has 0 saturated carbocycles. The number of phenols is 1. The molecule has 26 heavy (non-hydrogen) atoms. The van der Waals surface area contributed by atoms with Crippen LogP contribution in [0.3, 0.4) is 0 Å². The minimum atomic E-state index is -0.122. The number of hydrogen-bond acceptors (Lipinski definition) is 3. The lowest BCUT2D eigenvalue weighted by molar-refractivity contribution is -0.123. The van der Waals surface area contributed by atoms with Gasteiger partial charge in [0.1, 0.15) is 11.5 Å². The second-order valence-electron chi connectivity index (χ2n) is 6.17. The van der Waals surface area contributed by atoms with Crippen LogP contribution >= 0.6 is 0 Å². The Balaban J connectivity index is 2.34. The van der Waals surface area contributed by atoms with Gasteiger partial charge in [0.25, 0.3) is 0 Å². The molecule has 0 aliphatic heterocycles. The van der Waals surface area contributed by atoms with E-state index in [1.807, 2.05) is 48.5 Å². The van der Waals surface area contributed by atoms with Crippen LogP contribution in [0.1, 0.15) is 11.1 Å². The first-order valence-corrected chi connectivity index (χ1v) is 8.30. The van der Waals surface area contributed by atoms with Gasteiger partial charge >= 0.3 is 0 Å². The van der Waals surface area contributed by atoms with Gasteiger partial charge in [-0.1, -0.05) is 42.5 Å². The van der Waals surface area contributed by atoms with Crippen molar-refractivity contribution in [2.75, 3.05) is 21.2 Å². The van der Waals surface area contributed by atoms with E-state index in [0.29, 0.717) is 11.1 Å². The number of carbonyl (C=O) groups excluding carboxylic acids is 1. The zero-order valence-corrected chi connectivity index (χ0v) is 15.1. The quantitative estimate of drug-likeness (QED) is 0.724. The summed E-state index contributed by atoms with van der Waals surface area (Å²) in [7, 11) is 5.03. The summed E-state index contributed by atoms with van der Waals surface area (Å²) in [5, 5.41) is 12.0. The van der Waals surface area contributed by atoms with Crippen molar-refractivity contribution in [2.45, 2.75) is 0 Å². The van der Waals surface area contributed by atoms with E-state index in [9.17, 15) is 9.90 Å². The largest absolute Gasteiger partial charge is 0.507 e. The number of methoxy groups -OCH3 is 1. The van der Waals surface area contributed by atoms with Crippen LogP contribution in [-0.4, -0.2) is 37.1 Å². The first kappa shape index (κ1) is 17.5. The van der Waals surface area contributed by atoms with Crippen LogP contribution in [0.5, 0.6) is 11.5 Å². The Morgan fingerprint density at radius 2 is 1.73 bits per heavy atom. The Labute approximate surface area is 152 Å². The van der Waals surface area contributed by atoms with E-state index < -0.39 is 0 Å². The molecule has 4 nitrogen and oxygen atoms in total. The Kier molecular flexibility index (Phi) is 4.94. The minimum Gasteiger partial charge on any atom is -0.507 e. The maximum atomic E-state index is 12.4. The number of benzene rings is 3. The third kappa shape index (κ3) is 3.26. The van der Waals surface area contributed by atoms with Crippen molar-refractivity contribution in [1.82, 2.24) is 4.90 Å². The molecule has 0 spiro atoms. The summed E-state index contributed by atoms with van der Waals surface area (Å²) < 4.78 is 5.44. The van der Waals surface area contributed by atoms with E-state index in [0.717, 1.165) is 22.1 Å². The average molecular weight is 347 g/mol. The number of aromatic hydroxyl groups is 1. The summed E-state index contributed by atoms with van der Waals surface area (Å²) in [6.45, 7) is 0. The van der Waals surface area contributed by atoms with Crippen LogP contribution < -0.4 is 4.74 Å². The van der Waals surface area contributed by atoms with Crippen molar-refractivity contribution in [3.63, 3.8) is 0 Å². The molecule has 0 fully saturated rings. The van der Waals surface area contributed by atoms with Crippen molar-refractivity contribution in [3.05, 3.63) is 77.9 Å². The van der Waals surface area contributed by atoms with Gasteiger partial charge in [-0.05, 0) is 34.9 Å². The molecule has 0 aliphatic carbocycles. The monoisotopic (exact) mass is 347 g/mol. The summed E-state index contributed by atoms with van der Waals surface area (Å²) in [5.41, 5.74) is 2.43. The van der Waals surface area contributed by atoms with Gasteiger partial charge in [-0.3, -0.25) is 4.79 Å². The maximum Gasteiger partial charge on any atom is 0.246 e. The molecule has 3 aromatic carbocycles. The Morgan fingerprint density at radius 1 is 1.00 bits per heavy atom. The van der Waals surface area contributed by atoms with E-state index in [4.69, 9.17) is 4.74 Å². The highest BCUT2D eigenvalue weighted by molar-refractivity contribution is 6.07. The summed E-state index contributed by atoms with van der Waals surface area (Å²) in [5.74, 6) is 0.699. The number of rotatable bonds is 4. The second kappa shape index (κ2) is 7.31. The van der Waals surface area contributed by atoms with Crippen molar-refractivity contribution in [2.24, 2.45) is 0 Å². The fourth-order valence-corrected chi connectivity index (χ4v) is 2.95. The molecule has 0 unspecified atom stereocenters. The Morgan fingerprint density at radius 3 is 2.38 bits per heavy atom. The molecule has 0 saturated heterocycles. The first-order chi connectivity index (χ1) is 12.5. The molecule has 132 valence electrons. The number of carbonyl (C=O) groups is 1. The molecule has 0 aliphatic rings. The fraction of sp³-hybridized carbons (Fsp3) is 0.136. The van der Waals surface area contributed by atoms with Gasteiger partial charge in [0.15, 0.2) is 0 Å². The molecule has 3 rings (SSSR count). The van der Waals surface area contributed by atoms with E-state index in [-0.39, 0.29) is 11.7 Å². The van der Waals surface area contributed by atoms with Gasteiger partial charge in [0, 0.05) is 30.9 Å². The molecule has 0 atom stereocenters. The number of phenolic OH excluding ortho intramolecular Hbond substituents is 1. The van der Waals surface area contributed by atoms with Crippen LogP contribution in [0.15, 0.2) is 66.7 Å². The lowest BCUT2D eigenvalue weighted by atomic mass is 9.92. The highest BCUT2D eigenvalue weighted by Crippen LogP contribution is 2.39.